The van der Waals surface area contributed by atoms with Crippen molar-refractivity contribution in [2.24, 2.45) is 0 Å². The number of esters is 1. The number of hydrogen-bond donors (Lipinski definition) is 1. The molecule has 0 unspecified atom stereocenters. The molecule has 10 heteroatoms. The lowest BCUT2D eigenvalue weighted by Crippen LogP contribution is -2.10. The predicted octanol–water partition coefficient (Wildman–Crippen LogP) is 6.68. The van der Waals surface area contributed by atoms with Gasteiger partial charge in [-0.1, -0.05) is 29.8 Å². The molecular weight excluding hydrogens is 509 g/mol. The van der Waals surface area contributed by atoms with E-state index in [9.17, 15) is 22.8 Å². The zero-order valence-corrected chi connectivity index (χ0v) is 20.2. The number of hydrogen-bond acceptors (Lipinski definition) is 5. The van der Waals surface area contributed by atoms with Crippen molar-refractivity contribution >= 4 is 23.4 Å². The van der Waals surface area contributed by atoms with Gasteiger partial charge in [0.15, 0.2) is 0 Å². The van der Waals surface area contributed by atoms with Gasteiger partial charge in [-0.25, -0.2) is 4.79 Å². The summed E-state index contributed by atoms with van der Waals surface area (Å²) in [6.07, 6.45) is -1.58. The van der Waals surface area contributed by atoms with E-state index in [1.807, 2.05) is 0 Å². The fraction of sp³-hybridized carbons (Fsp3) is 0.148. The third kappa shape index (κ3) is 6.56. The Kier molecular flexibility index (Phi) is 7.63. The number of nitrogens with one attached hydrogen (secondary N) is 1. The molecule has 2 heterocycles. The minimum atomic E-state index is -4.59. The number of pyridine rings is 1. The molecule has 0 fully saturated rings. The summed E-state index contributed by atoms with van der Waals surface area (Å²) in [5.74, 6) is 0.321. The number of H-pyrrole nitrogens is 1. The summed E-state index contributed by atoms with van der Waals surface area (Å²) in [7, 11) is 1.30. The van der Waals surface area contributed by atoms with E-state index < -0.39 is 22.7 Å². The number of halogens is 4. The third-order valence-electron chi connectivity index (χ3n) is 5.41. The van der Waals surface area contributed by atoms with Gasteiger partial charge in [0.05, 0.1) is 34.6 Å². The van der Waals surface area contributed by atoms with Crippen LogP contribution in [0.5, 0.6) is 11.5 Å². The molecule has 2 aromatic heterocycles. The summed E-state index contributed by atoms with van der Waals surface area (Å²) in [4.78, 5) is 31.4. The minimum absolute atomic E-state index is 0.0546. The van der Waals surface area contributed by atoms with Crippen LogP contribution < -0.4 is 4.74 Å². The van der Waals surface area contributed by atoms with Crippen LogP contribution in [0.2, 0.25) is 5.02 Å². The molecule has 2 aromatic carbocycles. The number of aromatic nitrogens is 2. The summed E-state index contributed by atoms with van der Waals surface area (Å²) in [5.41, 5.74) is 1.52. The molecule has 6 nitrogen and oxygen atoms in total. The number of rotatable bonds is 8. The van der Waals surface area contributed by atoms with Gasteiger partial charge in [0, 0.05) is 31.3 Å². The molecule has 0 atom stereocenters. The van der Waals surface area contributed by atoms with Crippen LogP contribution in [-0.2, 0) is 28.5 Å². The highest BCUT2D eigenvalue weighted by Crippen LogP contribution is 2.35. The molecule has 0 aliphatic heterocycles. The second kappa shape index (κ2) is 10.9. The van der Waals surface area contributed by atoms with Crippen LogP contribution in [0.1, 0.15) is 27.0 Å². The summed E-state index contributed by atoms with van der Waals surface area (Å²) in [6.45, 7) is 0. The zero-order chi connectivity index (χ0) is 26.6. The number of alkyl halides is 3. The van der Waals surface area contributed by atoms with E-state index in [-0.39, 0.29) is 24.2 Å². The van der Waals surface area contributed by atoms with E-state index in [2.05, 4.69) is 9.97 Å². The first-order valence-corrected chi connectivity index (χ1v) is 11.4. The first kappa shape index (κ1) is 26.0. The molecule has 0 aliphatic rings. The van der Waals surface area contributed by atoms with Crippen molar-refractivity contribution in [3.8, 4) is 22.9 Å². The summed E-state index contributed by atoms with van der Waals surface area (Å²) >= 11 is 5.64. The van der Waals surface area contributed by atoms with E-state index in [0.717, 1.165) is 12.1 Å². The fourth-order valence-corrected chi connectivity index (χ4v) is 3.85. The average molecular weight is 529 g/mol. The second-order valence-corrected chi connectivity index (χ2v) is 8.53. The third-order valence-corrected chi connectivity index (χ3v) is 5.74. The smallest absolute Gasteiger partial charge is 0.417 e. The first-order chi connectivity index (χ1) is 17.6. The molecule has 0 aliphatic carbocycles. The SMILES string of the molecule is COC(=O)c1c[nH]c(-c2cc(Oc3ccc(CC(=O)Cc4ccc(Cl)c(C(F)(F)F)c4)cc3)ccn2)c1. The molecular formula is C27H20ClF3N2O4. The number of benzene rings is 2. The Morgan fingerprint density at radius 1 is 0.946 bits per heavy atom. The highest BCUT2D eigenvalue weighted by atomic mass is 35.5. The monoisotopic (exact) mass is 528 g/mol. The van der Waals surface area contributed by atoms with Crippen LogP contribution in [0.4, 0.5) is 13.2 Å². The average Bonchev–Trinajstić information content (AvgIpc) is 3.36. The van der Waals surface area contributed by atoms with Gasteiger partial charge in [0.2, 0.25) is 0 Å². The number of carbonyl (C=O) groups is 2. The topological polar surface area (TPSA) is 81.3 Å². The molecule has 0 radical (unpaired) electrons. The van der Waals surface area contributed by atoms with E-state index in [1.54, 1.807) is 48.7 Å². The van der Waals surface area contributed by atoms with Gasteiger partial charge in [-0.3, -0.25) is 9.78 Å². The Balaban J connectivity index is 1.38. The predicted molar refractivity (Wildman–Crippen MR) is 131 cm³/mol. The lowest BCUT2D eigenvalue weighted by atomic mass is 10.0. The van der Waals surface area contributed by atoms with Gasteiger partial charge in [-0.2, -0.15) is 13.2 Å². The Hall–Kier alpha value is -4.11. The Labute approximate surface area is 215 Å². The van der Waals surface area contributed by atoms with Gasteiger partial charge >= 0.3 is 12.1 Å². The Bertz CT molecular complexity index is 1430. The molecule has 0 saturated heterocycles. The number of carbonyl (C=O) groups excluding carboxylic acids is 2. The van der Waals surface area contributed by atoms with Crippen LogP contribution >= 0.6 is 11.6 Å². The lowest BCUT2D eigenvalue weighted by molar-refractivity contribution is -0.137. The van der Waals surface area contributed by atoms with Crippen molar-refractivity contribution in [2.75, 3.05) is 7.11 Å². The molecule has 190 valence electrons. The summed E-state index contributed by atoms with van der Waals surface area (Å²) in [5, 5.41) is -0.403. The standard InChI is InChI=1S/C27H20ClF3N2O4/c1-36-26(35)18-13-24(33-15-18)25-14-21(8-9-32-25)37-20-5-2-16(3-6-20)10-19(34)11-17-4-7-23(28)22(12-17)27(29,30)31/h2-9,12-15,33H,10-11H2,1H3. The van der Waals surface area contributed by atoms with Crippen molar-refractivity contribution in [1.82, 2.24) is 9.97 Å². The quantitative estimate of drug-likeness (QED) is 0.258. The Morgan fingerprint density at radius 2 is 1.65 bits per heavy atom. The van der Waals surface area contributed by atoms with Crippen molar-refractivity contribution in [3.63, 3.8) is 0 Å². The zero-order valence-electron chi connectivity index (χ0n) is 19.4. The number of methoxy groups -OCH3 is 1. The van der Waals surface area contributed by atoms with Gasteiger partial charge in [0.25, 0.3) is 0 Å². The van der Waals surface area contributed by atoms with Crippen LogP contribution in [0.3, 0.4) is 0 Å². The van der Waals surface area contributed by atoms with Gasteiger partial charge in [-0.15, -0.1) is 0 Å². The van der Waals surface area contributed by atoms with Crippen molar-refractivity contribution < 1.29 is 32.2 Å². The van der Waals surface area contributed by atoms with Gasteiger partial charge < -0.3 is 14.5 Å². The van der Waals surface area contributed by atoms with E-state index >= 15 is 0 Å². The van der Waals surface area contributed by atoms with Crippen LogP contribution in [0.25, 0.3) is 11.4 Å². The number of ether oxygens (including phenoxy) is 2. The molecule has 37 heavy (non-hydrogen) atoms. The second-order valence-electron chi connectivity index (χ2n) is 8.12. The van der Waals surface area contributed by atoms with Crippen LogP contribution in [0.15, 0.2) is 73.1 Å². The summed E-state index contributed by atoms with van der Waals surface area (Å²) < 4.78 is 49.7. The molecule has 0 bridgehead atoms. The van der Waals surface area contributed by atoms with Crippen LogP contribution in [0, 0.1) is 0 Å². The minimum Gasteiger partial charge on any atom is -0.465 e. The molecule has 0 saturated carbocycles. The summed E-state index contributed by atoms with van der Waals surface area (Å²) in [6, 6.07) is 15.3. The van der Waals surface area contributed by atoms with Crippen molar-refractivity contribution in [3.05, 3.63) is 100 Å². The van der Waals surface area contributed by atoms with Gasteiger partial charge in [0.1, 0.15) is 17.3 Å². The lowest BCUT2D eigenvalue weighted by Gasteiger charge is -2.11. The first-order valence-electron chi connectivity index (χ1n) is 11.0. The highest BCUT2D eigenvalue weighted by Gasteiger charge is 2.33. The number of nitrogens with zero attached hydrogens (tertiary/aromatic N) is 1. The maximum Gasteiger partial charge on any atom is 0.417 e. The number of Topliss-reactive ketones (excluding diaryl/α,β-unsaturated/α-hetero) is 1. The molecule has 1 N–H and O–H groups in total. The molecule has 4 aromatic rings. The maximum atomic E-state index is 13.1. The molecule has 0 spiro atoms. The van der Waals surface area contributed by atoms with Crippen molar-refractivity contribution in [2.45, 2.75) is 19.0 Å². The largest absolute Gasteiger partial charge is 0.465 e. The maximum absolute atomic E-state index is 13.1. The number of aromatic amines is 1. The normalized spacial score (nSPS) is 11.3. The van der Waals surface area contributed by atoms with Crippen LogP contribution in [-0.4, -0.2) is 28.8 Å². The fourth-order valence-electron chi connectivity index (χ4n) is 3.63. The van der Waals surface area contributed by atoms with Gasteiger partial charge in [-0.05, 0) is 47.5 Å². The van der Waals surface area contributed by atoms with Crippen molar-refractivity contribution in [1.29, 1.82) is 0 Å². The van der Waals surface area contributed by atoms with E-state index in [4.69, 9.17) is 21.1 Å². The van der Waals surface area contributed by atoms with E-state index in [0.29, 0.717) is 34.0 Å². The highest BCUT2D eigenvalue weighted by molar-refractivity contribution is 6.31. The van der Waals surface area contributed by atoms with E-state index in [1.165, 1.54) is 19.4 Å². The number of ketones is 1. The molecule has 4 rings (SSSR count). The molecule has 0 amide bonds. The Morgan fingerprint density at radius 3 is 2.35 bits per heavy atom.